The molecule has 7 heteroatoms. The van der Waals surface area contributed by atoms with Crippen molar-refractivity contribution in [3.05, 3.63) is 42.0 Å². The number of carbonyl (C=O) groups excluding carboxylic acids is 2. The van der Waals surface area contributed by atoms with Gasteiger partial charge in [0.25, 0.3) is 0 Å². The maximum Gasteiger partial charge on any atom is 0.389 e. The van der Waals surface area contributed by atoms with Gasteiger partial charge in [-0.3, -0.25) is 4.79 Å². The third kappa shape index (κ3) is 5.59. The van der Waals surface area contributed by atoms with E-state index < -0.39 is 24.5 Å². The van der Waals surface area contributed by atoms with Gasteiger partial charge in [0.1, 0.15) is 0 Å². The molecule has 0 fully saturated rings. The number of aryl methyl sites for hydroxylation is 1. The number of hydrogen-bond acceptors (Lipinski definition) is 3. The molecule has 0 heterocycles. The lowest BCUT2D eigenvalue weighted by atomic mass is 10.0. The topological polar surface area (TPSA) is 55.4 Å². The van der Waals surface area contributed by atoms with E-state index in [1.54, 1.807) is 6.92 Å². The van der Waals surface area contributed by atoms with Gasteiger partial charge in [0, 0.05) is 6.42 Å². The maximum atomic E-state index is 12.3. The number of benzene rings is 1. The molecule has 1 amide bonds. The fourth-order valence-electron chi connectivity index (χ4n) is 1.71. The van der Waals surface area contributed by atoms with Gasteiger partial charge in [0.2, 0.25) is 5.91 Å². The average Bonchev–Trinajstić information content (AvgIpc) is 2.44. The quantitative estimate of drug-likeness (QED) is 0.646. The summed E-state index contributed by atoms with van der Waals surface area (Å²) in [5, 5.41) is 2.40. The van der Waals surface area contributed by atoms with Crippen molar-refractivity contribution in [1.82, 2.24) is 0 Å². The van der Waals surface area contributed by atoms with E-state index in [1.165, 1.54) is 18.2 Å². The molecule has 0 aromatic heterocycles. The lowest BCUT2D eigenvalue weighted by Crippen LogP contribution is -2.14. The number of rotatable bonds is 6. The summed E-state index contributed by atoms with van der Waals surface area (Å²) in [5.41, 5.74) is 0.528. The number of nitrogens with one attached hydrogen (secondary N) is 1. The van der Waals surface area contributed by atoms with Crippen LogP contribution in [0.25, 0.3) is 0 Å². The number of alkyl halides is 3. The van der Waals surface area contributed by atoms with Crippen molar-refractivity contribution in [2.24, 2.45) is 0 Å². The molecular weight excluding hydrogens is 299 g/mol. The minimum atomic E-state index is -4.27. The first-order valence-electron chi connectivity index (χ1n) is 6.57. The lowest BCUT2D eigenvalue weighted by Gasteiger charge is -2.12. The van der Waals surface area contributed by atoms with Gasteiger partial charge in [0.15, 0.2) is 0 Å². The normalized spacial score (nSPS) is 10.9. The first-order chi connectivity index (χ1) is 10.3. The predicted molar refractivity (Wildman–Crippen MR) is 75.6 cm³/mol. The minimum Gasteiger partial charge on any atom is -0.462 e. The Morgan fingerprint density at radius 1 is 1.36 bits per heavy atom. The minimum absolute atomic E-state index is 0.0767. The molecule has 0 atom stereocenters. The molecule has 0 unspecified atom stereocenters. The molecule has 1 aromatic carbocycles. The second kappa shape index (κ2) is 7.63. The summed E-state index contributed by atoms with van der Waals surface area (Å²) in [6.45, 7) is 5.05. The van der Waals surface area contributed by atoms with Crippen LogP contribution in [0, 0.1) is 0 Å². The summed E-state index contributed by atoms with van der Waals surface area (Å²) in [7, 11) is 0. The Bertz CT molecular complexity index is 568. The molecule has 0 spiro atoms. The fourth-order valence-corrected chi connectivity index (χ4v) is 1.71. The molecule has 0 aliphatic rings. The van der Waals surface area contributed by atoms with Gasteiger partial charge in [0.05, 0.1) is 17.9 Å². The number of ether oxygens (including phenoxy) is 1. The molecule has 0 saturated carbocycles. The second-order valence-electron chi connectivity index (χ2n) is 4.41. The first kappa shape index (κ1) is 17.7. The zero-order chi connectivity index (χ0) is 16.8. The van der Waals surface area contributed by atoms with Crippen LogP contribution in [0.5, 0.6) is 0 Å². The molecule has 1 aromatic rings. The largest absolute Gasteiger partial charge is 0.462 e. The van der Waals surface area contributed by atoms with Crippen LogP contribution in [0.15, 0.2) is 30.9 Å². The fraction of sp³-hybridized carbons (Fsp3) is 0.333. The summed E-state index contributed by atoms with van der Waals surface area (Å²) in [5.74, 6) is -1.23. The van der Waals surface area contributed by atoms with Crippen LogP contribution in [-0.2, 0) is 16.0 Å². The lowest BCUT2D eigenvalue weighted by molar-refractivity contribution is -0.134. The van der Waals surface area contributed by atoms with E-state index in [2.05, 4.69) is 11.9 Å². The number of hydrogen-bond donors (Lipinski definition) is 1. The van der Waals surface area contributed by atoms with Gasteiger partial charge in [-0.25, -0.2) is 4.79 Å². The predicted octanol–water partition coefficient (Wildman–Crippen LogP) is 3.48. The van der Waals surface area contributed by atoms with Crippen LogP contribution in [0.2, 0.25) is 0 Å². The summed E-state index contributed by atoms with van der Waals surface area (Å²) in [6, 6.07) is 4.07. The summed E-state index contributed by atoms with van der Waals surface area (Å²) >= 11 is 0. The van der Waals surface area contributed by atoms with E-state index >= 15 is 0 Å². The average molecular weight is 315 g/mol. The Morgan fingerprint density at radius 3 is 2.59 bits per heavy atom. The Kier molecular flexibility index (Phi) is 6.15. The molecular formula is C15H16F3NO3. The molecule has 22 heavy (non-hydrogen) atoms. The highest BCUT2D eigenvalue weighted by Crippen LogP contribution is 2.25. The highest BCUT2D eigenvalue weighted by Gasteiger charge is 2.26. The Morgan fingerprint density at radius 2 is 2.05 bits per heavy atom. The van der Waals surface area contributed by atoms with Crippen molar-refractivity contribution in [2.75, 3.05) is 11.9 Å². The van der Waals surface area contributed by atoms with E-state index in [9.17, 15) is 22.8 Å². The van der Waals surface area contributed by atoms with Crippen LogP contribution >= 0.6 is 0 Å². The van der Waals surface area contributed by atoms with Crippen molar-refractivity contribution in [3.63, 3.8) is 0 Å². The Hall–Kier alpha value is -2.31. The molecule has 0 aliphatic carbocycles. The molecule has 0 radical (unpaired) electrons. The molecule has 0 aliphatic heterocycles. The van der Waals surface area contributed by atoms with Gasteiger partial charge < -0.3 is 10.1 Å². The number of amides is 1. The molecule has 4 nitrogen and oxygen atoms in total. The zero-order valence-corrected chi connectivity index (χ0v) is 12.0. The number of halogens is 3. The van der Waals surface area contributed by atoms with Gasteiger partial charge >= 0.3 is 12.1 Å². The highest BCUT2D eigenvalue weighted by atomic mass is 19.4. The third-order valence-electron chi connectivity index (χ3n) is 2.72. The van der Waals surface area contributed by atoms with Gasteiger partial charge in [-0.15, -0.1) is 0 Å². The van der Waals surface area contributed by atoms with Crippen molar-refractivity contribution >= 4 is 17.6 Å². The van der Waals surface area contributed by atoms with E-state index in [-0.39, 0.29) is 24.3 Å². The van der Waals surface area contributed by atoms with E-state index in [4.69, 9.17) is 4.74 Å². The summed E-state index contributed by atoms with van der Waals surface area (Å²) < 4.78 is 41.6. The smallest absolute Gasteiger partial charge is 0.389 e. The molecule has 120 valence electrons. The summed E-state index contributed by atoms with van der Waals surface area (Å²) in [6.07, 6.45) is -4.51. The zero-order valence-electron chi connectivity index (χ0n) is 12.0. The Balaban J connectivity index is 3.05. The van der Waals surface area contributed by atoms with Crippen molar-refractivity contribution in [2.45, 2.75) is 25.9 Å². The van der Waals surface area contributed by atoms with Crippen LogP contribution in [-0.4, -0.2) is 24.7 Å². The van der Waals surface area contributed by atoms with Crippen molar-refractivity contribution in [1.29, 1.82) is 0 Å². The highest BCUT2D eigenvalue weighted by molar-refractivity contribution is 6.04. The number of anilines is 1. The summed E-state index contributed by atoms with van der Waals surface area (Å²) in [4.78, 5) is 23.2. The SMILES string of the molecule is C=CC(=O)Nc1cc(CCC(F)(F)F)ccc1C(=O)OCC. The second-order valence-corrected chi connectivity index (χ2v) is 4.41. The molecule has 0 bridgehead atoms. The van der Waals surface area contributed by atoms with Crippen LogP contribution in [0.1, 0.15) is 29.3 Å². The van der Waals surface area contributed by atoms with Gasteiger partial charge in [-0.05, 0) is 37.1 Å². The molecule has 1 N–H and O–H groups in total. The Labute approximate surface area is 126 Å². The van der Waals surface area contributed by atoms with Gasteiger partial charge in [-0.2, -0.15) is 13.2 Å². The number of carbonyl (C=O) groups is 2. The van der Waals surface area contributed by atoms with E-state index in [0.717, 1.165) is 6.08 Å². The third-order valence-corrected chi connectivity index (χ3v) is 2.72. The van der Waals surface area contributed by atoms with Crippen LogP contribution in [0.4, 0.5) is 18.9 Å². The van der Waals surface area contributed by atoms with E-state index in [1.807, 2.05) is 0 Å². The van der Waals surface area contributed by atoms with Crippen LogP contribution in [0.3, 0.4) is 0 Å². The van der Waals surface area contributed by atoms with Crippen molar-refractivity contribution < 1.29 is 27.5 Å². The number of esters is 1. The van der Waals surface area contributed by atoms with E-state index in [0.29, 0.717) is 5.56 Å². The maximum absolute atomic E-state index is 12.3. The van der Waals surface area contributed by atoms with Crippen LogP contribution < -0.4 is 5.32 Å². The first-order valence-corrected chi connectivity index (χ1v) is 6.57. The molecule has 0 saturated heterocycles. The standard InChI is InChI=1S/C15H16F3NO3/c1-3-13(20)19-12-9-10(7-8-15(16,17)18)5-6-11(12)14(21)22-4-2/h3,5-6,9H,1,4,7-8H2,2H3,(H,19,20). The van der Waals surface area contributed by atoms with Crippen molar-refractivity contribution in [3.8, 4) is 0 Å². The monoisotopic (exact) mass is 315 g/mol. The molecule has 1 rings (SSSR count). The van der Waals surface area contributed by atoms with Gasteiger partial charge in [-0.1, -0.05) is 12.6 Å².